The second kappa shape index (κ2) is 8.16. The number of hydrogen-bond donors (Lipinski definition) is 1. The van der Waals surface area contributed by atoms with Crippen molar-refractivity contribution in [1.82, 2.24) is 19.2 Å². The van der Waals surface area contributed by atoms with Crippen LogP contribution in [0.2, 0.25) is 0 Å². The van der Waals surface area contributed by atoms with Crippen LogP contribution in [0.3, 0.4) is 0 Å². The van der Waals surface area contributed by atoms with Gasteiger partial charge in [-0.15, -0.1) is 0 Å². The Hall–Kier alpha value is -2.59. The Labute approximate surface area is 181 Å². The van der Waals surface area contributed by atoms with Crippen LogP contribution >= 0.6 is 0 Å². The summed E-state index contributed by atoms with van der Waals surface area (Å²) in [5.41, 5.74) is 2.09. The summed E-state index contributed by atoms with van der Waals surface area (Å²) in [6.07, 6.45) is 1.87. The van der Waals surface area contributed by atoms with Crippen molar-refractivity contribution in [2.24, 2.45) is 0 Å². The van der Waals surface area contributed by atoms with Gasteiger partial charge in [-0.1, -0.05) is 6.07 Å². The van der Waals surface area contributed by atoms with Gasteiger partial charge >= 0.3 is 0 Å². The van der Waals surface area contributed by atoms with Crippen molar-refractivity contribution in [3.05, 3.63) is 46.7 Å². The second-order valence-corrected chi connectivity index (χ2v) is 9.87. The third-order valence-corrected chi connectivity index (χ3v) is 7.92. The molecule has 2 aromatic rings. The second-order valence-electron chi connectivity index (χ2n) is 7.98. The number of sulfonamides is 1. The normalized spacial score (nSPS) is 19.4. The van der Waals surface area contributed by atoms with Gasteiger partial charge in [-0.05, 0) is 43.9 Å². The average molecular weight is 448 g/mol. The molecule has 0 bridgehead atoms. The van der Waals surface area contributed by atoms with Gasteiger partial charge in [-0.25, -0.2) is 22.8 Å². The maximum atomic E-state index is 14.1. The SMILES string of the molecule is CNc1nc([C@H]2CCCN2S(=O)(=O)c2ccc(C)c(F)c2)nc2c1CCN(C(C)=O)C2. The van der Waals surface area contributed by atoms with Crippen molar-refractivity contribution < 1.29 is 17.6 Å². The molecule has 1 aromatic heterocycles. The Morgan fingerprint density at radius 3 is 2.71 bits per heavy atom. The van der Waals surface area contributed by atoms with E-state index in [0.29, 0.717) is 56.1 Å². The molecular formula is C21H26FN5O3S. The zero-order chi connectivity index (χ0) is 22.3. The molecule has 3 heterocycles. The van der Waals surface area contributed by atoms with Gasteiger partial charge in [-0.2, -0.15) is 4.31 Å². The summed E-state index contributed by atoms with van der Waals surface area (Å²) < 4.78 is 42.0. The summed E-state index contributed by atoms with van der Waals surface area (Å²) in [6.45, 7) is 4.41. The molecule has 4 rings (SSSR count). The van der Waals surface area contributed by atoms with E-state index in [-0.39, 0.29) is 10.8 Å². The molecule has 0 unspecified atom stereocenters. The van der Waals surface area contributed by atoms with Gasteiger partial charge in [0.2, 0.25) is 15.9 Å². The van der Waals surface area contributed by atoms with Crippen LogP contribution in [0.25, 0.3) is 0 Å². The summed E-state index contributed by atoms with van der Waals surface area (Å²) in [6, 6.07) is 3.43. The van der Waals surface area contributed by atoms with E-state index in [4.69, 9.17) is 4.98 Å². The van der Waals surface area contributed by atoms with Crippen molar-refractivity contribution in [1.29, 1.82) is 0 Å². The lowest BCUT2D eigenvalue weighted by Crippen LogP contribution is -2.36. The molecule has 0 aliphatic carbocycles. The lowest BCUT2D eigenvalue weighted by molar-refractivity contribution is -0.129. The fraction of sp³-hybridized carbons (Fsp3) is 0.476. The third-order valence-electron chi connectivity index (χ3n) is 6.02. The minimum Gasteiger partial charge on any atom is -0.373 e. The number of fused-ring (bicyclic) bond motifs is 1. The molecule has 1 aromatic carbocycles. The fourth-order valence-corrected chi connectivity index (χ4v) is 5.90. The number of anilines is 1. The summed E-state index contributed by atoms with van der Waals surface area (Å²) in [5.74, 6) is 0.489. The van der Waals surface area contributed by atoms with Crippen LogP contribution < -0.4 is 5.32 Å². The van der Waals surface area contributed by atoms with Crippen molar-refractivity contribution in [2.45, 2.75) is 50.6 Å². The number of halogens is 1. The average Bonchev–Trinajstić information content (AvgIpc) is 3.25. The number of hydrogen-bond acceptors (Lipinski definition) is 6. The summed E-state index contributed by atoms with van der Waals surface area (Å²) in [7, 11) is -2.15. The first-order chi connectivity index (χ1) is 14.7. The highest BCUT2D eigenvalue weighted by Gasteiger charge is 2.39. The predicted octanol–water partition coefficient (Wildman–Crippen LogP) is 2.40. The van der Waals surface area contributed by atoms with E-state index < -0.39 is 21.9 Å². The molecule has 31 heavy (non-hydrogen) atoms. The smallest absolute Gasteiger partial charge is 0.243 e. The zero-order valence-electron chi connectivity index (χ0n) is 17.9. The molecule has 1 amide bonds. The molecule has 0 spiro atoms. The topological polar surface area (TPSA) is 95.5 Å². The molecule has 1 fully saturated rings. The van der Waals surface area contributed by atoms with E-state index in [2.05, 4.69) is 10.3 Å². The van der Waals surface area contributed by atoms with Gasteiger partial charge in [0.15, 0.2) is 0 Å². The highest BCUT2D eigenvalue weighted by molar-refractivity contribution is 7.89. The van der Waals surface area contributed by atoms with Gasteiger partial charge in [0.25, 0.3) is 0 Å². The molecule has 10 heteroatoms. The van der Waals surface area contributed by atoms with E-state index in [9.17, 15) is 17.6 Å². The molecule has 166 valence electrons. The van der Waals surface area contributed by atoms with Crippen LogP contribution in [0, 0.1) is 12.7 Å². The van der Waals surface area contributed by atoms with Crippen LogP contribution in [0.15, 0.2) is 23.1 Å². The number of carbonyl (C=O) groups excluding carboxylic acids is 1. The number of rotatable bonds is 4. The van der Waals surface area contributed by atoms with E-state index in [0.717, 1.165) is 17.3 Å². The molecule has 0 radical (unpaired) electrons. The molecule has 1 saturated heterocycles. The fourth-order valence-electron chi connectivity index (χ4n) is 4.23. The molecular weight excluding hydrogens is 421 g/mol. The maximum Gasteiger partial charge on any atom is 0.243 e. The predicted molar refractivity (Wildman–Crippen MR) is 113 cm³/mol. The van der Waals surface area contributed by atoms with Crippen LogP contribution in [-0.4, -0.2) is 53.6 Å². The first-order valence-electron chi connectivity index (χ1n) is 10.3. The Morgan fingerprint density at radius 1 is 1.26 bits per heavy atom. The van der Waals surface area contributed by atoms with E-state index in [1.165, 1.54) is 23.4 Å². The summed E-state index contributed by atoms with van der Waals surface area (Å²) in [5, 5.41) is 3.09. The number of nitrogens with zero attached hydrogens (tertiary/aromatic N) is 4. The number of benzene rings is 1. The van der Waals surface area contributed by atoms with Crippen molar-refractivity contribution in [3.8, 4) is 0 Å². The number of aromatic nitrogens is 2. The Kier molecular flexibility index (Phi) is 5.69. The quantitative estimate of drug-likeness (QED) is 0.773. The molecule has 2 aliphatic rings. The first-order valence-corrected chi connectivity index (χ1v) is 11.8. The lowest BCUT2D eigenvalue weighted by atomic mass is 10.0. The van der Waals surface area contributed by atoms with Gasteiger partial charge in [-0.3, -0.25) is 4.79 Å². The van der Waals surface area contributed by atoms with Gasteiger partial charge in [0, 0.05) is 32.6 Å². The molecule has 1 N–H and O–H groups in total. The minimum atomic E-state index is -3.91. The summed E-state index contributed by atoms with van der Waals surface area (Å²) in [4.78, 5) is 22.8. The highest BCUT2D eigenvalue weighted by atomic mass is 32.2. The largest absolute Gasteiger partial charge is 0.373 e. The number of nitrogens with one attached hydrogen (secondary N) is 1. The Balaban J connectivity index is 1.72. The third kappa shape index (κ3) is 3.89. The molecule has 8 nitrogen and oxygen atoms in total. The minimum absolute atomic E-state index is 0.0247. The Morgan fingerprint density at radius 2 is 2.03 bits per heavy atom. The number of carbonyl (C=O) groups is 1. The maximum absolute atomic E-state index is 14.1. The van der Waals surface area contributed by atoms with E-state index >= 15 is 0 Å². The van der Waals surface area contributed by atoms with Gasteiger partial charge < -0.3 is 10.2 Å². The molecule has 2 aliphatic heterocycles. The van der Waals surface area contributed by atoms with E-state index in [1.54, 1.807) is 18.9 Å². The van der Waals surface area contributed by atoms with Crippen LogP contribution in [0.5, 0.6) is 0 Å². The van der Waals surface area contributed by atoms with Crippen molar-refractivity contribution in [3.63, 3.8) is 0 Å². The van der Waals surface area contributed by atoms with Crippen LogP contribution in [0.4, 0.5) is 10.2 Å². The highest BCUT2D eigenvalue weighted by Crippen LogP contribution is 2.37. The standard InChI is InChI=1S/C21H26FN5O3S/c1-13-6-7-15(11-17(13)22)31(29,30)27-9-4-5-19(27)21-24-18-12-26(14(2)28)10-8-16(18)20(23-3)25-21/h6-7,11,19H,4-5,8-10,12H2,1-3H3,(H,23,24,25)/t19-/m1/s1. The van der Waals surface area contributed by atoms with Crippen molar-refractivity contribution >= 4 is 21.7 Å². The van der Waals surface area contributed by atoms with Crippen LogP contribution in [0.1, 0.15) is 48.5 Å². The monoisotopic (exact) mass is 447 g/mol. The number of aryl methyl sites for hydroxylation is 1. The zero-order valence-corrected chi connectivity index (χ0v) is 18.7. The van der Waals surface area contributed by atoms with E-state index in [1.807, 2.05) is 0 Å². The lowest BCUT2D eigenvalue weighted by Gasteiger charge is -2.30. The van der Waals surface area contributed by atoms with Crippen LogP contribution in [-0.2, 0) is 27.8 Å². The molecule has 1 atom stereocenters. The van der Waals surface area contributed by atoms with Crippen molar-refractivity contribution in [2.75, 3.05) is 25.5 Å². The van der Waals surface area contributed by atoms with Gasteiger partial charge in [0.05, 0.1) is 23.2 Å². The number of amides is 1. The summed E-state index contributed by atoms with van der Waals surface area (Å²) >= 11 is 0. The molecule has 0 saturated carbocycles. The first kappa shape index (κ1) is 21.6. The Bertz CT molecular complexity index is 1140. The van der Waals surface area contributed by atoms with Gasteiger partial charge in [0.1, 0.15) is 17.5 Å².